The summed E-state index contributed by atoms with van der Waals surface area (Å²) in [6, 6.07) is 13.2. The molecule has 0 aliphatic carbocycles. The standard InChI is InChI=1S/C23H23N3O5/c1-3-6-20(27)25-17-11-9-16(10-12-17)22(29)15(2)31-21(28)13-26-14-24-19-8-5-4-7-18(19)23(26)30/h4-5,7-12,14-15H,3,6,13H2,1-2H3,(H,25,27)/t15-/m1/s1. The minimum Gasteiger partial charge on any atom is -0.453 e. The summed E-state index contributed by atoms with van der Waals surface area (Å²) < 4.78 is 6.37. The van der Waals surface area contributed by atoms with Gasteiger partial charge in [-0.15, -0.1) is 0 Å². The van der Waals surface area contributed by atoms with Crippen LogP contribution in [0.25, 0.3) is 10.9 Å². The smallest absolute Gasteiger partial charge is 0.326 e. The number of anilines is 1. The second-order valence-corrected chi connectivity index (χ2v) is 7.07. The molecule has 1 aromatic heterocycles. The molecule has 3 aromatic rings. The number of nitrogens with zero attached hydrogens (tertiary/aromatic N) is 2. The maximum atomic E-state index is 12.6. The largest absolute Gasteiger partial charge is 0.453 e. The fourth-order valence-electron chi connectivity index (χ4n) is 3.05. The van der Waals surface area contributed by atoms with Crippen molar-refractivity contribution in [2.24, 2.45) is 0 Å². The average molecular weight is 421 g/mol. The lowest BCUT2D eigenvalue weighted by Gasteiger charge is -2.13. The van der Waals surface area contributed by atoms with Crippen molar-refractivity contribution in [1.29, 1.82) is 0 Å². The monoisotopic (exact) mass is 421 g/mol. The Morgan fingerprint density at radius 2 is 1.81 bits per heavy atom. The van der Waals surface area contributed by atoms with E-state index in [0.717, 1.165) is 11.0 Å². The van der Waals surface area contributed by atoms with Crippen LogP contribution < -0.4 is 10.9 Å². The molecule has 0 unspecified atom stereocenters. The van der Waals surface area contributed by atoms with Crippen LogP contribution in [-0.4, -0.2) is 33.3 Å². The first kappa shape index (κ1) is 21.9. The number of benzene rings is 2. The summed E-state index contributed by atoms with van der Waals surface area (Å²) in [7, 11) is 0. The third-order valence-electron chi connectivity index (χ3n) is 4.64. The van der Waals surface area contributed by atoms with Crippen molar-refractivity contribution in [1.82, 2.24) is 9.55 Å². The molecule has 31 heavy (non-hydrogen) atoms. The molecule has 3 rings (SSSR count). The molecule has 0 radical (unpaired) electrons. The van der Waals surface area contributed by atoms with Crippen molar-refractivity contribution in [2.75, 3.05) is 5.32 Å². The fourth-order valence-corrected chi connectivity index (χ4v) is 3.05. The predicted molar refractivity (Wildman–Crippen MR) is 116 cm³/mol. The topological polar surface area (TPSA) is 107 Å². The van der Waals surface area contributed by atoms with E-state index >= 15 is 0 Å². The van der Waals surface area contributed by atoms with E-state index in [0.29, 0.717) is 28.6 Å². The van der Waals surface area contributed by atoms with Gasteiger partial charge in [-0.25, -0.2) is 4.98 Å². The Morgan fingerprint density at radius 1 is 1.10 bits per heavy atom. The number of aromatic nitrogens is 2. The molecule has 0 saturated carbocycles. The highest BCUT2D eigenvalue weighted by Gasteiger charge is 2.20. The van der Waals surface area contributed by atoms with Crippen LogP contribution in [0.2, 0.25) is 0 Å². The first-order chi connectivity index (χ1) is 14.9. The normalized spacial score (nSPS) is 11.7. The summed E-state index contributed by atoms with van der Waals surface area (Å²) in [4.78, 5) is 53.1. The maximum Gasteiger partial charge on any atom is 0.326 e. The van der Waals surface area contributed by atoms with Gasteiger partial charge in [-0.1, -0.05) is 19.1 Å². The summed E-state index contributed by atoms with van der Waals surface area (Å²) in [5.41, 5.74) is 1.11. The van der Waals surface area contributed by atoms with Crippen LogP contribution in [0.4, 0.5) is 5.69 Å². The molecule has 0 aliphatic heterocycles. The van der Waals surface area contributed by atoms with Gasteiger partial charge in [-0.2, -0.15) is 0 Å². The molecule has 160 valence electrons. The van der Waals surface area contributed by atoms with E-state index in [9.17, 15) is 19.2 Å². The first-order valence-electron chi connectivity index (χ1n) is 9.97. The van der Waals surface area contributed by atoms with Gasteiger partial charge >= 0.3 is 5.97 Å². The van der Waals surface area contributed by atoms with Crippen LogP contribution in [0.15, 0.2) is 59.7 Å². The van der Waals surface area contributed by atoms with Gasteiger partial charge in [0.1, 0.15) is 6.54 Å². The minimum absolute atomic E-state index is 0.0951. The van der Waals surface area contributed by atoms with Crippen LogP contribution in [0.3, 0.4) is 0 Å². The van der Waals surface area contributed by atoms with Gasteiger partial charge in [0, 0.05) is 17.7 Å². The quantitative estimate of drug-likeness (QED) is 0.443. The Hall–Kier alpha value is -3.81. The molecule has 1 atom stereocenters. The number of hydrogen-bond acceptors (Lipinski definition) is 6. The van der Waals surface area contributed by atoms with Gasteiger partial charge in [0.05, 0.1) is 17.2 Å². The van der Waals surface area contributed by atoms with Crippen LogP contribution >= 0.6 is 0 Å². The number of rotatable bonds is 8. The number of ketones is 1. The highest BCUT2D eigenvalue weighted by molar-refractivity contribution is 6.00. The van der Waals surface area contributed by atoms with E-state index in [1.165, 1.54) is 13.3 Å². The average Bonchev–Trinajstić information content (AvgIpc) is 2.76. The Morgan fingerprint density at radius 3 is 2.52 bits per heavy atom. The highest BCUT2D eigenvalue weighted by atomic mass is 16.5. The van der Waals surface area contributed by atoms with Crippen molar-refractivity contribution in [3.8, 4) is 0 Å². The second kappa shape index (κ2) is 9.80. The number of fused-ring (bicyclic) bond motifs is 1. The van der Waals surface area contributed by atoms with Gasteiger partial charge in [0.15, 0.2) is 6.10 Å². The number of esters is 1. The minimum atomic E-state index is -1.03. The molecule has 8 heteroatoms. The molecule has 0 spiro atoms. The summed E-state index contributed by atoms with van der Waals surface area (Å²) >= 11 is 0. The van der Waals surface area contributed by atoms with Crippen molar-refractivity contribution in [3.05, 3.63) is 70.8 Å². The zero-order valence-corrected chi connectivity index (χ0v) is 17.3. The number of carbonyl (C=O) groups is 3. The van der Waals surface area contributed by atoms with Gasteiger partial charge in [0.25, 0.3) is 5.56 Å². The number of Topliss-reactive ketones (excluding diaryl/α,β-unsaturated/α-hetero) is 1. The van der Waals surface area contributed by atoms with Crippen molar-refractivity contribution in [3.63, 3.8) is 0 Å². The fraction of sp³-hybridized carbons (Fsp3) is 0.261. The van der Waals surface area contributed by atoms with E-state index in [4.69, 9.17) is 4.74 Å². The van der Waals surface area contributed by atoms with Gasteiger partial charge < -0.3 is 10.1 Å². The van der Waals surface area contributed by atoms with E-state index in [1.807, 2.05) is 6.92 Å². The molecule has 8 nitrogen and oxygen atoms in total. The number of para-hydroxylation sites is 1. The lowest BCUT2D eigenvalue weighted by molar-refractivity contribution is -0.147. The first-order valence-corrected chi connectivity index (χ1v) is 9.97. The molecule has 0 saturated heterocycles. The Bertz CT molecular complexity index is 1170. The Balaban J connectivity index is 1.62. The number of carbonyl (C=O) groups excluding carboxylic acids is 3. The molecule has 2 aromatic carbocycles. The van der Waals surface area contributed by atoms with Gasteiger partial charge in [0.2, 0.25) is 11.7 Å². The molecular formula is C23H23N3O5. The van der Waals surface area contributed by atoms with E-state index < -0.39 is 12.1 Å². The molecule has 1 amide bonds. The number of ether oxygens (including phenoxy) is 1. The lowest BCUT2D eigenvalue weighted by atomic mass is 10.1. The lowest BCUT2D eigenvalue weighted by Crippen LogP contribution is -2.30. The third-order valence-corrected chi connectivity index (χ3v) is 4.64. The zero-order valence-electron chi connectivity index (χ0n) is 17.3. The van der Waals surface area contributed by atoms with Crippen LogP contribution in [0, 0.1) is 0 Å². The van der Waals surface area contributed by atoms with Gasteiger partial charge in [-0.05, 0) is 49.7 Å². The zero-order chi connectivity index (χ0) is 22.4. The van der Waals surface area contributed by atoms with E-state index in [2.05, 4.69) is 10.3 Å². The highest BCUT2D eigenvalue weighted by Crippen LogP contribution is 2.13. The summed E-state index contributed by atoms with van der Waals surface area (Å²) in [5, 5.41) is 3.14. The number of hydrogen-bond donors (Lipinski definition) is 1. The molecular weight excluding hydrogens is 398 g/mol. The van der Waals surface area contributed by atoms with Gasteiger partial charge in [-0.3, -0.25) is 23.7 Å². The second-order valence-electron chi connectivity index (χ2n) is 7.07. The number of amides is 1. The Labute approximate surface area is 178 Å². The molecule has 1 N–H and O–H groups in total. The SMILES string of the molecule is CCCC(=O)Nc1ccc(C(=O)[C@@H](C)OC(=O)Cn2cnc3ccccc3c2=O)cc1. The third kappa shape index (κ3) is 5.42. The number of nitrogens with one attached hydrogen (secondary N) is 1. The van der Waals surface area contributed by atoms with Crippen molar-refractivity contribution < 1.29 is 19.1 Å². The van der Waals surface area contributed by atoms with Crippen LogP contribution in [0.1, 0.15) is 37.0 Å². The summed E-state index contributed by atoms with van der Waals surface area (Å²) in [6.45, 7) is 3.03. The Kier molecular flexibility index (Phi) is 6.92. The molecule has 0 bridgehead atoms. The van der Waals surface area contributed by atoms with E-state index in [1.54, 1.807) is 48.5 Å². The maximum absolute atomic E-state index is 12.6. The molecule has 0 fully saturated rings. The van der Waals surface area contributed by atoms with Crippen LogP contribution in [-0.2, 0) is 20.9 Å². The summed E-state index contributed by atoms with van der Waals surface area (Å²) in [5.74, 6) is -1.20. The van der Waals surface area contributed by atoms with Crippen molar-refractivity contribution in [2.45, 2.75) is 39.3 Å². The summed E-state index contributed by atoms with van der Waals surface area (Å²) in [6.07, 6.45) is 1.41. The van der Waals surface area contributed by atoms with Crippen molar-refractivity contribution >= 4 is 34.3 Å². The van der Waals surface area contributed by atoms with E-state index in [-0.39, 0.29) is 23.8 Å². The molecule has 0 aliphatic rings. The molecule has 1 heterocycles. The van der Waals surface area contributed by atoms with Crippen LogP contribution in [0.5, 0.6) is 0 Å². The predicted octanol–water partition coefficient (Wildman–Crippen LogP) is 2.95.